The van der Waals surface area contributed by atoms with Gasteiger partial charge in [-0.25, -0.2) is 0 Å². The van der Waals surface area contributed by atoms with Gasteiger partial charge in [-0.3, -0.25) is 9.69 Å². The maximum atomic E-state index is 11.3. The normalized spacial score (nSPS) is 20.4. The van der Waals surface area contributed by atoms with E-state index in [2.05, 4.69) is 33.0 Å². The van der Waals surface area contributed by atoms with Crippen LogP contribution in [0.3, 0.4) is 0 Å². The highest BCUT2D eigenvalue weighted by Gasteiger charge is 2.26. The molecule has 0 saturated carbocycles. The summed E-state index contributed by atoms with van der Waals surface area (Å²) < 4.78 is 6.45. The molecule has 1 aliphatic heterocycles. The van der Waals surface area contributed by atoms with Crippen molar-refractivity contribution in [3.8, 4) is 0 Å². The largest absolute Gasteiger partial charge is 0.378 e. The summed E-state index contributed by atoms with van der Waals surface area (Å²) in [4.78, 5) is 13.5. The summed E-state index contributed by atoms with van der Waals surface area (Å²) in [6.07, 6.45) is 2.00. The zero-order chi connectivity index (χ0) is 13.7. The van der Waals surface area contributed by atoms with Crippen LogP contribution in [0.4, 0.5) is 0 Å². The Hall–Kier alpha value is -0.910. The van der Waals surface area contributed by atoms with Gasteiger partial charge in [0.15, 0.2) is 0 Å². The van der Waals surface area contributed by atoms with Crippen molar-refractivity contribution >= 4 is 21.8 Å². The maximum Gasteiger partial charge on any atom is 0.237 e. The van der Waals surface area contributed by atoms with Crippen molar-refractivity contribution in [3.05, 3.63) is 34.3 Å². The lowest BCUT2D eigenvalue weighted by molar-refractivity contribution is -0.129. The standard InChI is InChI=1S/C14H19BrN2O2/c15-12-6-2-1-4-11(12)5-3-7-17-8-9-19-10-13(17)14(16)18/h1-2,4,6,13H,3,5,7-10H2,(H2,16,18)/t13-/m0/s1. The Kier molecular flexibility index (Phi) is 5.36. The second kappa shape index (κ2) is 7.03. The van der Waals surface area contributed by atoms with Crippen LogP contribution in [0.5, 0.6) is 0 Å². The molecule has 1 aliphatic rings. The van der Waals surface area contributed by atoms with Gasteiger partial charge in [-0.05, 0) is 31.0 Å². The minimum atomic E-state index is -0.291. The maximum absolute atomic E-state index is 11.3. The number of hydrogen-bond acceptors (Lipinski definition) is 3. The highest BCUT2D eigenvalue weighted by molar-refractivity contribution is 9.10. The van der Waals surface area contributed by atoms with E-state index in [-0.39, 0.29) is 11.9 Å². The number of carbonyl (C=O) groups is 1. The molecule has 1 heterocycles. The van der Waals surface area contributed by atoms with Crippen LogP contribution >= 0.6 is 15.9 Å². The molecule has 0 radical (unpaired) electrons. The van der Waals surface area contributed by atoms with Gasteiger partial charge in [-0.15, -0.1) is 0 Å². The van der Waals surface area contributed by atoms with Crippen molar-refractivity contribution in [2.24, 2.45) is 5.73 Å². The summed E-state index contributed by atoms with van der Waals surface area (Å²) >= 11 is 3.55. The van der Waals surface area contributed by atoms with Crippen molar-refractivity contribution in [1.82, 2.24) is 4.90 Å². The van der Waals surface area contributed by atoms with Gasteiger partial charge in [-0.1, -0.05) is 34.1 Å². The summed E-state index contributed by atoms with van der Waals surface area (Å²) in [5, 5.41) is 0. The molecule has 1 amide bonds. The van der Waals surface area contributed by atoms with E-state index in [1.807, 2.05) is 12.1 Å². The second-order valence-electron chi connectivity index (χ2n) is 4.72. The Balaban J connectivity index is 1.84. The highest BCUT2D eigenvalue weighted by atomic mass is 79.9. The van der Waals surface area contributed by atoms with Crippen LogP contribution in [-0.2, 0) is 16.0 Å². The van der Waals surface area contributed by atoms with Crippen LogP contribution in [-0.4, -0.2) is 43.2 Å². The molecule has 0 aliphatic carbocycles. The van der Waals surface area contributed by atoms with E-state index < -0.39 is 0 Å². The molecular weight excluding hydrogens is 308 g/mol. The number of hydrogen-bond donors (Lipinski definition) is 1. The van der Waals surface area contributed by atoms with E-state index in [1.165, 1.54) is 5.56 Å². The predicted octanol–water partition coefficient (Wildman–Crippen LogP) is 1.57. The van der Waals surface area contributed by atoms with Crippen LogP contribution in [0, 0.1) is 0 Å². The number of primary amides is 1. The van der Waals surface area contributed by atoms with E-state index >= 15 is 0 Å². The smallest absolute Gasteiger partial charge is 0.237 e. The van der Waals surface area contributed by atoms with Crippen molar-refractivity contribution < 1.29 is 9.53 Å². The lowest BCUT2D eigenvalue weighted by Crippen LogP contribution is -2.52. The van der Waals surface area contributed by atoms with E-state index in [1.54, 1.807) is 0 Å². The summed E-state index contributed by atoms with van der Waals surface area (Å²) in [5.41, 5.74) is 6.69. The summed E-state index contributed by atoms with van der Waals surface area (Å²) in [7, 11) is 0. The summed E-state index contributed by atoms with van der Waals surface area (Å²) in [5.74, 6) is -0.291. The van der Waals surface area contributed by atoms with E-state index in [9.17, 15) is 4.79 Å². The first kappa shape index (κ1) is 14.5. The topological polar surface area (TPSA) is 55.6 Å². The number of nitrogens with zero attached hydrogens (tertiary/aromatic N) is 1. The molecule has 1 aromatic carbocycles. The van der Waals surface area contributed by atoms with Crippen LogP contribution in [0.15, 0.2) is 28.7 Å². The van der Waals surface area contributed by atoms with Crippen molar-refractivity contribution in [1.29, 1.82) is 0 Å². The Morgan fingerprint density at radius 2 is 2.26 bits per heavy atom. The molecule has 5 heteroatoms. The number of morpholine rings is 1. The third-order valence-corrected chi connectivity index (χ3v) is 4.19. The first-order chi connectivity index (χ1) is 9.18. The molecule has 0 unspecified atom stereocenters. The lowest BCUT2D eigenvalue weighted by atomic mass is 10.1. The van der Waals surface area contributed by atoms with E-state index in [0.29, 0.717) is 13.2 Å². The average Bonchev–Trinajstić information content (AvgIpc) is 2.41. The number of nitrogens with two attached hydrogens (primary N) is 1. The van der Waals surface area contributed by atoms with Gasteiger partial charge in [-0.2, -0.15) is 0 Å². The fourth-order valence-corrected chi connectivity index (χ4v) is 2.82. The molecule has 1 saturated heterocycles. The SMILES string of the molecule is NC(=O)[C@@H]1COCCN1CCCc1ccccc1Br. The minimum Gasteiger partial charge on any atom is -0.378 e. The molecule has 1 aromatic rings. The summed E-state index contributed by atoms with van der Waals surface area (Å²) in [6.45, 7) is 2.76. The van der Waals surface area contributed by atoms with E-state index in [4.69, 9.17) is 10.5 Å². The second-order valence-corrected chi connectivity index (χ2v) is 5.58. The number of rotatable bonds is 5. The molecule has 0 aromatic heterocycles. The van der Waals surface area contributed by atoms with Crippen molar-refractivity contribution in [2.45, 2.75) is 18.9 Å². The average molecular weight is 327 g/mol. The molecule has 19 heavy (non-hydrogen) atoms. The van der Waals surface area contributed by atoms with Crippen molar-refractivity contribution in [2.75, 3.05) is 26.3 Å². The third-order valence-electron chi connectivity index (χ3n) is 3.42. The van der Waals surface area contributed by atoms with Crippen LogP contribution in [0.1, 0.15) is 12.0 Å². The molecule has 104 valence electrons. The number of ether oxygens (including phenoxy) is 1. The first-order valence-electron chi connectivity index (χ1n) is 6.53. The third kappa shape index (κ3) is 4.03. The number of amides is 1. The van der Waals surface area contributed by atoms with Gasteiger partial charge in [0.05, 0.1) is 13.2 Å². The monoisotopic (exact) mass is 326 g/mol. The van der Waals surface area contributed by atoms with Crippen LogP contribution in [0.2, 0.25) is 0 Å². The molecule has 4 nitrogen and oxygen atoms in total. The van der Waals surface area contributed by atoms with Gasteiger partial charge in [0.1, 0.15) is 6.04 Å². The Morgan fingerprint density at radius 1 is 1.47 bits per heavy atom. The number of halogens is 1. The molecule has 0 bridgehead atoms. The molecule has 2 N–H and O–H groups in total. The zero-order valence-electron chi connectivity index (χ0n) is 10.8. The van der Waals surface area contributed by atoms with E-state index in [0.717, 1.165) is 30.4 Å². The fraction of sp³-hybridized carbons (Fsp3) is 0.500. The molecule has 2 rings (SSSR count). The predicted molar refractivity (Wildman–Crippen MR) is 77.8 cm³/mol. The Labute approximate surface area is 122 Å². The molecule has 0 spiro atoms. The molecular formula is C14H19BrN2O2. The fourth-order valence-electron chi connectivity index (χ4n) is 2.34. The molecule has 1 fully saturated rings. The highest BCUT2D eigenvalue weighted by Crippen LogP contribution is 2.18. The quantitative estimate of drug-likeness (QED) is 0.893. The van der Waals surface area contributed by atoms with Crippen LogP contribution < -0.4 is 5.73 Å². The number of benzene rings is 1. The Bertz CT molecular complexity index is 439. The minimum absolute atomic E-state index is 0.270. The lowest BCUT2D eigenvalue weighted by Gasteiger charge is -2.33. The number of carbonyl (C=O) groups excluding carboxylic acids is 1. The molecule has 1 atom stereocenters. The van der Waals surface area contributed by atoms with Gasteiger partial charge in [0, 0.05) is 11.0 Å². The zero-order valence-corrected chi connectivity index (χ0v) is 12.4. The van der Waals surface area contributed by atoms with Crippen molar-refractivity contribution in [3.63, 3.8) is 0 Å². The van der Waals surface area contributed by atoms with Crippen LogP contribution in [0.25, 0.3) is 0 Å². The first-order valence-corrected chi connectivity index (χ1v) is 7.32. The van der Waals surface area contributed by atoms with Gasteiger partial charge >= 0.3 is 0 Å². The number of aryl methyl sites for hydroxylation is 1. The van der Waals surface area contributed by atoms with Gasteiger partial charge in [0.2, 0.25) is 5.91 Å². The summed E-state index contributed by atoms with van der Waals surface area (Å²) in [6, 6.07) is 7.96. The van der Waals surface area contributed by atoms with Gasteiger partial charge < -0.3 is 10.5 Å². The van der Waals surface area contributed by atoms with Gasteiger partial charge in [0.25, 0.3) is 0 Å². The Morgan fingerprint density at radius 3 is 3.00 bits per heavy atom.